The molecule has 156 valence electrons. The molecule has 0 aliphatic heterocycles. The van der Waals surface area contributed by atoms with Crippen molar-refractivity contribution in [1.82, 2.24) is 0 Å². The molecule has 0 rings (SSSR count). The second kappa shape index (κ2) is 14.3. The molecule has 0 aromatic carbocycles. The monoisotopic (exact) mass is 438 g/mol. The average Bonchev–Trinajstić information content (AvgIpc) is 2.50. The number of ether oxygens (including phenoxy) is 1. The minimum atomic E-state index is -5.70. The molecule has 0 aromatic heterocycles. The van der Waals surface area contributed by atoms with Crippen LogP contribution in [0.4, 0.5) is 26.3 Å². The zero-order valence-electron chi connectivity index (χ0n) is 15.2. The smallest absolute Gasteiger partial charge is 0.691 e. The molecule has 0 aromatic rings. The SMILES string of the molecule is CCCCC(CC)COC(=O)CC(SOO[O-])C(C(F)(F)F)C(F)(F)F.[Na+]. The zero-order chi connectivity index (χ0) is 20.4. The van der Waals surface area contributed by atoms with Crippen molar-refractivity contribution in [3.63, 3.8) is 0 Å². The molecule has 0 fully saturated rings. The van der Waals surface area contributed by atoms with E-state index >= 15 is 0 Å². The van der Waals surface area contributed by atoms with Gasteiger partial charge in [-0.05, 0) is 12.3 Å². The molecule has 0 N–H and O–H groups in total. The fraction of sp³-hybridized carbons (Fsp3) is 0.929. The standard InChI is InChI=1S/C14H22F6O5S.Na/c1-3-5-6-9(4-2)8-23-11(21)7-10(26-25-24-22)12(13(15,16)17)14(18,19)20;/h9-10,12,22H,3-8H2,1-2H3;/q;+1/p-1. The van der Waals surface area contributed by atoms with Crippen LogP contribution in [-0.2, 0) is 18.9 Å². The van der Waals surface area contributed by atoms with Gasteiger partial charge in [0, 0.05) is 12.0 Å². The molecule has 0 amide bonds. The largest absolute Gasteiger partial charge is 1.00 e. The van der Waals surface area contributed by atoms with E-state index < -0.39 is 48.0 Å². The maximum atomic E-state index is 12.8. The van der Waals surface area contributed by atoms with E-state index in [4.69, 9.17) is 4.74 Å². The molecule has 5 nitrogen and oxygen atoms in total. The zero-order valence-corrected chi connectivity index (χ0v) is 18.0. The topological polar surface area (TPSA) is 67.8 Å². The number of halogens is 6. The van der Waals surface area contributed by atoms with E-state index in [2.05, 4.69) is 9.37 Å². The van der Waals surface area contributed by atoms with Crippen LogP contribution in [0.1, 0.15) is 46.0 Å². The van der Waals surface area contributed by atoms with Gasteiger partial charge in [-0.2, -0.15) is 30.7 Å². The molecule has 0 heterocycles. The Hall–Kier alpha value is 0.280. The van der Waals surface area contributed by atoms with Gasteiger partial charge in [-0.3, -0.25) is 9.83 Å². The Labute approximate surface area is 179 Å². The summed E-state index contributed by atoms with van der Waals surface area (Å²) in [7, 11) is 0. The van der Waals surface area contributed by atoms with Gasteiger partial charge in [0.1, 0.15) is 0 Å². The number of hydrogen-bond acceptors (Lipinski definition) is 6. The van der Waals surface area contributed by atoms with Gasteiger partial charge in [-0.1, -0.05) is 33.1 Å². The molecule has 0 aliphatic carbocycles. The van der Waals surface area contributed by atoms with Crippen LogP contribution in [0.15, 0.2) is 0 Å². The van der Waals surface area contributed by atoms with Crippen molar-refractivity contribution in [2.75, 3.05) is 6.61 Å². The molecule has 0 saturated carbocycles. The average molecular weight is 438 g/mol. The van der Waals surface area contributed by atoms with Crippen molar-refractivity contribution >= 4 is 18.0 Å². The summed E-state index contributed by atoms with van der Waals surface area (Å²) < 4.78 is 85.2. The Bertz CT molecular complexity index is 396. The van der Waals surface area contributed by atoms with Crippen molar-refractivity contribution in [3.8, 4) is 0 Å². The second-order valence-corrected chi connectivity index (χ2v) is 6.57. The first-order valence-corrected chi connectivity index (χ1v) is 8.68. The Morgan fingerprint density at radius 1 is 1.11 bits per heavy atom. The molecule has 27 heavy (non-hydrogen) atoms. The van der Waals surface area contributed by atoms with Crippen molar-refractivity contribution in [1.29, 1.82) is 0 Å². The van der Waals surface area contributed by atoms with Gasteiger partial charge < -0.3 is 9.99 Å². The van der Waals surface area contributed by atoms with E-state index in [9.17, 15) is 36.4 Å². The molecule has 0 saturated heterocycles. The fourth-order valence-electron chi connectivity index (χ4n) is 2.21. The van der Waals surface area contributed by atoms with Gasteiger partial charge in [0.05, 0.1) is 18.3 Å². The van der Waals surface area contributed by atoms with E-state index in [1.807, 2.05) is 13.8 Å². The van der Waals surface area contributed by atoms with Gasteiger partial charge in [0.2, 0.25) is 0 Å². The van der Waals surface area contributed by atoms with E-state index in [0.717, 1.165) is 19.3 Å². The van der Waals surface area contributed by atoms with E-state index in [-0.39, 0.29) is 42.1 Å². The summed E-state index contributed by atoms with van der Waals surface area (Å²) in [5.41, 5.74) is 0. The first kappa shape index (κ1) is 29.5. The summed E-state index contributed by atoms with van der Waals surface area (Å²) in [4.78, 5) is 11.7. The number of esters is 1. The molecule has 0 radical (unpaired) electrons. The summed E-state index contributed by atoms with van der Waals surface area (Å²) in [5, 5.41) is 10.1. The Kier molecular flexibility index (Phi) is 15.6. The van der Waals surface area contributed by atoms with Crippen molar-refractivity contribution < 1.29 is 80.1 Å². The summed E-state index contributed by atoms with van der Waals surface area (Å²) in [6.07, 6.45) is -9.53. The maximum Gasteiger partial charge on any atom is 1.00 e. The number of unbranched alkanes of at least 4 members (excludes halogenated alkanes) is 1. The minimum Gasteiger partial charge on any atom is -0.691 e. The number of hydrogen-bond donors (Lipinski definition) is 0. The summed E-state index contributed by atoms with van der Waals surface area (Å²) >= 11 is -0.510. The second-order valence-electron chi connectivity index (χ2n) is 5.64. The van der Waals surface area contributed by atoms with Crippen molar-refractivity contribution in [2.24, 2.45) is 11.8 Å². The number of carbonyl (C=O) groups excluding carboxylic acids is 1. The maximum absolute atomic E-state index is 12.8. The Morgan fingerprint density at radius 2 is 1.67 bits per heavy atom. The van der Waals surface area contributed by atoms with Crippen LogP contribution in [0.25, 0.3) is 0 Å². The third-order valence-electron chi connectivity index (χ3n) is 3.66. The van der Waals surface area contributed by atoms with Crippen LogP contribution in [0, 0.1) is 11.8 Å². The van der Waals surface area contributed by atoms with Gasteiger partial charge in [0.15, 0.2) is 5.92 Å². The Balaban J connectivity index is 0. The molecule has 0 bridgehead atoms. The molecule has 2 unspecified atom stereocenters. The molecule has 0 spiro atoms. The minimum absolute atomic E-state index is 0. The Morgan fingerprint density at radius 3 is 2.07 bits per heavy atom. The summed E-state index contributed by atoms with van der Waals surface area (Å²) in [6.45, 7) is 3.68. The van der Waals surface area contributed by atoms with E-state index in [1.54, 1.807) is 0 Å². The quantitative estimate of drug-likeness (QED) is 0.114. The molecule has 13 heteroatoms. The van der Waals surface area contributed by atoms with Crippen LogP contribution in [0.2, 0.25) is 0 Å². The van der Waals surface area contributed by atoms with Gasteiger partial charge in [0.25, 0.3) is 0 Å². The van der Waals surface area contributed by atoms with Crippen LogP contribution in [-0.4, -0.2) is 30.2 Å². The molecular weight excluding hydrogens is 417 g/mol. The first-order valence-electron chi connectivity index (χ1n) is 7.88. The van der Waals surface area contributed by atoms with Crippen LogP contribution < -0.4 is 34.8 Å². The first-order chi connectivity index (χ1) is 12.0. The third-order valence-corrected chi connectivity index (χ3v) is 4.48. The molecule has 2 atom stereocenters. The number of carbonyl (C=O) groups is 1. The van der Waals surface area contributed by atoms with Gasteiger partial charge in [-0.25, -0.2) is 0 Å². The molecule has 0 aliphatic rings. The van der Waals surface area contributed by atoms with Crippen molar-refractivity contribution in [2.45, 2.75) is 63.6 Å². The van der Waals surface area contributed by atoms with Crippen molar-refractivity contribution in [3.05, 3.63) is 0 Å². The number of alkyl halides is 6. The summed E-state index contributed by atoms with van der Waals surface area (Å²) in [5.74, 6) is -5.16. The summed E-state index contributed by atoms with van der Waals surface area (Å²) in [6, 6.07) is 0. The van der Waals surface area contributed by atoms with Crippen LogP contribution in [0.5, 0.6) is 0 Å². The fourth-order valence-corrected chi connectivity index (χ4v) is 2.97. The molecular formula is C14H21F6NaO5S. The van der Waals surface area contributed by atoms with Crippen LogP contribution in [0.3, 0.4) is 0 Å². The normalized spacial score (nSPS) is 14.6. The van der Waals surface area contributed by atoms with Crippen LogP contribution >= 0.6 is 12.0 Å². The third kappa shape index (κ3) is 12.4. The predicted octanol–water partition coefficient (Wildman–Crippen LogP) is 1.12. The number of rotatable bonds is 12. The van der Waals surface area contributed by atoms with E-state index in [1.165, 1.54) is 0 Å². The van der Waals surface area contributed by atoms with Gasteiger partial charge >= 0.3 is 47.9 Å². The van der Waals surface area contributed by atoms with Gasteiger partial charge in [-0.15, -0.1) is 0 Å². The van der Waals surface area contributed by atoms with E-state index in [0.29, 0.717) is 6.42 Å². The predicted molar refractivity (Wildman–Crippen MR) is 78.0 cm³/mol.